The van der Waals surface area contributed by atoms with Gasteiger partial charge in [0.1, 0.15) is 0 Å². The van der Waals surface area contributed by atoms with E-state index in [1.807, 2.05) is 0 Å². The molecule has 0 amide bonds. The van der Waals surface area contributed by atoms with Gasteiger partial charge >= 0.3 is 0 Å². The summed E-state index contributed by atoms with van der Waals surface area (Å²) < 4.78 is 0. The molecule has 2 aromatic rings. The molecule has 2 heteroatoms. The topological polar surface area (TPSA) is 15.3 Å². The minimum Gasteiger partial charge on any atom is -0.385 e. The Morgan fingerprint density at radius 2 is 1.64 bits per heavy atom. The second-order valence-corrected chi connectivity index (χ2v) is 6.38. The third-order valence-electron chi connectivity index (χ3n) is 4.60. The third kappa shape index (κ3) is 4.03. The Hall–Kier alpha value is -1.96. The van der Waals surface area contributed by atoms with Gasteiger partial charge in [-0.2, -0.15) is 0 Å². The van der Waals surface area contributed by atoms with Crippen LogP contribution in [0.5, 0.6) is 0 Å². The molecule has 2 nitrogen and oxygen atoms in total. The van der Waals surface area contributed by atoms with Crippen LogP contribution in [0.2, 0.25) is 0 Å². The Bertz CT molecular complexity index is 554. The summed E-state index contributed by atoms with van der Waals surface area (Å²) in [5.74, 6) is 0.884. The molecular formula is C20H26N2. The van der Waals surface area contributed by atoms with E-state index in [1.165, 1.54) is 42.9 Å². The molecule has 1 aliphatic rings. The van der Waals surface area contributed by atoms with E-state index < -0.39 is 0 Å². The van der Waals surface area contributed by atoms with Crippen molar-refractivity contribution in [2.75, 3.05) is 29.9 Å². The number of piperidine rings is 1. The summed E-state index contributed by atoms with van der Waals surface area (Å²) in [6, 6.07) is 19.5. The first-order valence-electron chi connectivity index (χ1n) is 8.44. The largest absolute Gasteiger partial charge is 0.385 e. The van der Waals surface area contributed by atoms with Crippen LogP contribution in [0.4, 0.5) is 11.4 Å². The highest BCUT2D eigenvalue weighted by Crippen LogP contribution is 2.24. The molecule has 2 aromatic carbocycles. The Labute approximate surface area is 134 Å². The second-order valence-electron chi connectivity index (χ2n) is 6.38. The normalized spacial score (nSPS) is 15.8. The lowest BCUT2D eigenvalue weighted by molar-refractivity contribution is 0.438. The molecule has 0 aromatic heterocycles. The fraction of sp³-hybridized carbons (Fsp3) is 0.400. The van der Waals surface area contributed by atoms with Crippen molar-refractivity contribution in [3.05, 3.63) is 60.2 Å². The van der Waals surface area contributed by atoms with Gasteiger partial charge in [-0.3, -0.25) is 0 Å². The third-order valence-corrected chi connectivity index (χ3v) is 4.60. The molecule has 1 fully saturated rings. The predicted octanol–water partition coefficient (Wildman–Crippen LogP) is 4.58. The smallest absolute Gasteiger partial charge is 0.0367 e. The zero-order valence-electron chi connectivity index (χ0n) is 13.5. The summed E-state index contributed by atoms with van der Waals surface area (Å²) in [7, 11) is 0. The molecule has 0 atom stereocenters. The number of rotatable bonds is 5. The fourth-order valence-electron chi connectivity index (χ4n) is 3.05. The van der Waals surface area contributed by atoms with E-state index in [0.717, 1.165) is 18.9 Å². The zero-order valence-corrected chi connectivity index (χ0v) is 13.5. The van der Waals surface area contributed by atoms with Gasteiger partial charge in [-0.1, -0.05) is 37.3 Å². The fourth-order valence-corrected chi connectivity index (χ4v) is 3.05. The molecule has 1 saturated heterocycles. The molecular weight excluding hydrogens is 268 g/mol. The molecule has 0 aliphatic carbocycles. The number of anilines is 2. The Morgan fingerprint density at radius 3 is 2.32 bits per heavy atom. The molecule has 1 heterocycles. The van der Waals surface area contributed by atoms with Crippen LogP contribution in [-0.2, 0) is 6.42 Å². The molecule has 0 spiro atoms. The van der Waals surface area contributed by atoms with Crippen LogP contribution in [0.1, 0.15) is 25.3 Å². The Morgan fingerprint density at radius 1 is 0.955 bits per heavy atom. The summed E-state index contributed by atoms with van der Waals surface area (Å²) in [5, 5.41) is 3.51. The van der Waals surface area contributed by atoms with Gasteiger partial charge in [-0.15, -0.1) is 0 Å². The summed E-state index contributed by atoms with van der Waals surface area (Å²) in [6.07, 6.45) is 3.70. The zero-order chi connectivity index (χ0) is 15.2. The minimum absolute atomic E-state index is 0.884. The quantitative estimate of drug-likeness (QED) is 0.868. The van der Waals surface area contributed by atoms with E-state index in [1.54, 1.807) is 0 Å². The number of nitrogens with one attached hydrogen (secondary N) is 1. The molecule has 1 aliphatic heterocycles. The van der Waals surface area contributed by atoms with E-state index in [9.17, 15) is 0 Å². The van der Waals surface area contributed by atoms with Crippen molar-refractivity contribution >= 4 is 11.4 Å². The SMILES string of the molecule is CC1CCN(c2ccc(NCCc3ccccc3)cc2)CC1. The summed E-state index contributed by atoms with van der Waals surface area (Å²) in [5.41, 5.74) is 3.96. The molecule has 116 valence electrons. The molecule has 0 bridgehead atoms. The highest BCUT2D eigenvalue weighted by molar-refractivity contribution is 5.55. The van der Waals surface area contributed by atoms with Crippen molar-refractivity contribution in [3.8, 4) is 0 Å². The number of hydrogen-bond donors (Lipinski definition) is 1. The average molecular weight is 294 g/mol. The number of nitrogens with zero attached hydrogens (tertiary/aromatic N) is 1. The van der Waals surface area contributed by atoms with Gasteiger partial charge in [-0.25, -0.2) is 0 Å². The number of hydrogen-bond acceptors (Lipinski definition) is 2. The number of benzene rings is 2. The summed E-state index contributed by atoms with van der Waals surface area (Å²) in [4.78, 5) is 2.51. The van der Waals surface area contributed by atoms with E-state index in [2.05, 4.69) is 71.7 Å². The molecule has 3 rings (SSSR count). The van der Waals surface area contributed by atoms with Crippen molar-refractivity contribution in [2.45, 2.75) is 26.2 Å². The van der Waals surface area contributed by atoms with Crippen molar-refractivity contribution in [2.24, 2.45) is 5.92 Å². The first-order valence-corrected chi connectivity index (χ1v) is 8.44. The second kappa shape index (κ2) is 7.35. The van der Waals surface area contributed by atoms with Gasteiger partial charge < -0.3 is 10.2 Å². The van der Waals surface area contributed by atoms with Crippen molar-refractivity contribution < 1.29 is 0 Å². The Balaban J connectivity index is 1.49. The summed E-state index contributed by atoms with van der Waals surface area (Å²) >= 11 is 0. The highest BCUT2D eigenvalue weighted by Gasteiger charge is 2.15. The molecule has 0 radical (unpaired) electrons. The summed E-state index contributed by atoms with van der Waals surface area (Å²) in [6.45, 7) is 5.73. The van der Waals surface area contributed by atoms with Gasteiger partial charge in [-0.05, 0) is 55.0 Å². The van der Waals surface area contributed by atoms with Crippen molar-refractivity contribution in [1.29, 1.82) is 0 Å². The lowest BCUT2D eigenvalue weighted by Crippen LogP contribution is -2.32. The monoisotopic (exact) mass is 294 g/mol. The standard InChI is InChI=1S/C20H26N2/c1-17-12-15-22(16-13-17)20-9-7-19(8-10-20)21-14-11-18-5-3-2-4-6-18/h2-10,17,21H,11-16H2,1H3. The van der Waals surface area contributed by atoms with E-state index in [-0.39, 0.29) is 0 Å². The van der Waals surface area contributed by atoms with Gasteiger partial charge in [0, 0.05) is 31.0 Å². The van der Waals surface area contributed by atoms with Crippen LogP contribution < -0.4 is 10.2 Å². The van der Waals surface area contributed by atoms with Crippen LogP contribution in [0.3, 0.4) is 0 Å². The maximum atomic E-state index is 3.51. The van der Waals surface area contributed by atoms with E-state index >= 15 is 0 Å². The van der Waals surface area contributed by atoms with Crippen LogP contribution in [0.15, 0.2) is 54.6 Å². The van der Waals surface area contributed by atoms with Crippen LogP contribution in [0, 0.1) is 5.92 Å². The van der Waals surface area contributed by atoms with Crippen LogP contribution >= 0.6 is 0 Å². The molecule has 1 N–H and O–H groups in total. The van der Waals surface area contributed by atoms with Crippen LogP contribution in [-0.4, -0.2) is 19.6 Å². The Kier molecular flexibility index (Phi) is 4.99. The lowest BCUT2D eigenvalue weighted by atomic mass is 9.99. The van der Waals surface area contributed by atoms with Crippen molar-refractivity contribution in [1.82, 2.24) is 0 Å². The first kappa shape index (κ1) is 15.0. The van der Waals surface area contributed by atoms with Gasteiger partial charge in [0.05, 0.1) is 0 Å². The van der Waals surface area contributed by atoms with Gasteiger partial charge in [0.15, 0.2) is 0 Å². The maximum absolute atomic E-state index is 3.51. The van der Waals surface area contributed by atoms with Gasteiger partial charge in [0.2, 0.25) is 0 Å². The van der Waals surface area contributed by atoms with Crippen molar-refractivity contribution in [3.63, 3.8) is 0 Å². The molecule has 22 heavy (non-hydrogen) atoms. The van der Waals surface area contributed by atoms with Crippen LogP contribution in [0.25, 0.3) is 0 Å². The minimum atomic E-state index is 0.884. The first-order chi connectivity index (χ1) is 10.8. The van der Waals surface area contributed by atoms with Gasteiger partial charge in [0.25, 0.3) is 0 Å². The maximum Gasteiger partial charge on any atom is 0.0367 e. The highest BCUT2D eigenvalue weighted by atomic mass is 15.1. The van der Waals surface area contributed by atoms with E-state index in [4.69, 9.17) is 0 Å². The predicted molar refractivity (Wildman–Crippen MR) is 95.7 cm³/mol. The molecule has 0 saturated carbocycles. The molecule has 0 unspecified atom stereocenters. The average Bonchev–Trinajstić information content (AvgIpc) is 2.57. The lowest BCUT2D eigenvalue weighted by Gasteiger charge is -2.32. The van der Waals surface area contributed by atoms with E-state index in [0.29, 0.717) is 0 Å².